The van der Waals surface area contributed by atoms with Crippen molar-refractivity contribution in [3.63, 3.8) is 0 Å². The first-order valence-electron chi connectivity index (χ1n) is 4.68. The Morgan fingerprint density at radius 3 is 2.50 bits per heavy atom. The second kappa shape index (κ2) is 5.35. The van der Waals surface area contributed by atoms with Crippen molar-refractivity contribution >= 4 is 11.9 Å². The van der Waals surface area contributed by atoms with Gasteiger partial charge < -0.3 is 5.11 Å². The summed E-state index contributed by atoms with van der Waals surface area (Å²) in [7, 11) is 0. The van der Waals surface area contributed by atoms with Crippen molar-refractivity contribution in [1.82, 2.24) is 0 Å². The van der Waals surface area contributed by atoms with Crippen molar-refractivity contribution in [3.8, 4) is 0 Å². The topological polar surface area (TPSA) is 37.3 Å². The fourth-order valence-corrected chi connectivity index (χ4v) is 1.17. The van der Waals surface area contributed by atoms with Gasteiger partial charge in [0.25, 0.3) is 0 Å². The van der Waals surface area contributed by atoms with Crippen LogP contribution in [0, 0.1) is 0 Å². The quantitative estimate of drug-likeness (QED) is 0.739. The normalized spacial score (nSPS) is 10.7. The van der Waals surface area contributed by atoms with Crippen LogP contribution in [0.15, 0.2) is 30.3 Å². The Kier molecular flexibility index (Phi) is 4.08. The molecule has 0 aliphatic rings. The molecule has 0 unspecified atom stereocenters. The molecular weight excluding hydrogens is 176 g/mol. The molecule has 1 aromatic carbocycles. The summed E-state index contributed by atoms with van der Waals surface area (Å²) in [5.41, 5.74) is 1.74. The molecule has 2 heteroatoms. The summed E-state index contributed by atoms with van der Waals surface area (Å²) in [6.45, 7) is 1.89. The predicted octanol–water partition coefficient (Wildman–Crippen LogP) is 2.28. The van der Waals surface area contributed by atoms with Crippen LogP contribution in [0.2, 0.25) is 0 Å². The molecule has 74 valence electrons. The maximum Gasteiger partial charge on any atom is 0.162 e. The number of hydrogen-bond acceptors (Lipinski definition) is 2. The van der Waals surface area contributed by atoms with Gasteiger partial charge in [0.15, 0.2) is 5.78 Å². The fraction of sp³-hybridized carbons (Fsp3) is 0.250. The first-order chi connectivity index (χ1) is 6.77. The largest absolute Gasteiger partial charge is 0.392 e. The predicted molar refractivity (Wildman–Crippen MR) is 57.2 cm³/mol. The molecule has 1 aromatic rings. The van der Waals surface area contributed by atoms with Gasteiger partial charge in [-0.15, -0.1) is 0 Å². The molecule has 0 aliphatic heterocycles. The van der Waals surface area contributed by atoms with Gasteiger partial charge in [-0.05, 0) is 5.56 Å². The Morgan fingerprint density at radius 2 is 2.00 bits per heavy atom. The first-order valence-corrected chi connectivity index (χ1v) is 4.68. The lowest BCUT2D eigenvalue weighted by molar-refractivity contribution is 0.0988. The third kappa shape index (κ3) is 2.82. The molecule has 0 aliphatic carbocycles. The van der Waals surface area contributed by atoms with Crippen LogP contribution in [0.25, 0.3) is 6.08 Å². The minimum absolute atomic E-state index is 0.0373. The second-order valence-electron chi connectivity index (χ2n) is 2.98. The lowest BCUT2D eigenvalue weighted by Crippen LogP contribution is -1.95. The highest BCUT2D eigenvalue weighted by atomic mass is 16.2. The van der Waals surface area contributed by atoms with Crippen LogP contribution >= 0.6 is 0 Å². The van der Waals surface area contributed by atoms with E-state index in [-0.39, 0.29) is 12.4 Å². The standard InChI is InChI=1S/C12H14O2/c1-2-12(14)11-7-5-10(6-8-11)4-3-9-13/h3-8,13H,2,9H2,1H3. The van der Waals surface area contributed by atoms with Crippen molar-refractivity contribution in [2.24, 2.45) is 0 Å². The Labute approximate surface area is 83.9 Å². The van der Waals surface area contributed by atoms with Gasteiger partial charge in [-0.25, -0.2) is 0 Å². The molecule has 0 atom stereocenters. The highest BCUT2D eigenvalue weighted by Crippen LogP contribution is 2.08. The average molecular weight is 190 g/mol. The van der Waals surface area contributed by atoms with E-state index < -0.39 is 0 Å². The number of hydrogen-bond donors (Lipinski definition) is 1. The first kappa shape index (κ1) is 10.7. The number of rotatable bonds is 4. The number of carbonyl (C=O) groups is 1. The number of Topliss-reactive ketones (excluding diaryl/α,β-unsaturated/α-hetero) is 1. The van der Waals surface area contributed by atoms with Crippen molar-refractivity contribution in [2.75, 3.05) is 6.61 Å². The van der Waals surface area contributed by atoms with Gasteiger partial charge in [0.05, 0.1) is 6.61 Å². The van der Waals surface area contributed by atoms with Crippen LogP contribution in [-0.2, 0) is 0 Å². The summed E-state index contributed by atoms with van der Waals surface area (Å²) in [4.78, 5) is 11.3. The van der Waals surface area contributed by atoms with Crippen molar-refractivity contribution in [3.05, 3.63) is 41.5 Å². The molecule has 0 amide bonds. The van der Waals surface area contributed by atoms with Crippen molar-refractivity contribution in [1.29, 1.82) is 0 Å². The monoisotopic (exact) mass is 190 g/mol. The lowest BCUT2D eigenvalue weighted by Gasteiger charge is -1.98. The van der Waals surface area contributed by atoms with Gasteiger partial charge in [-0.1, -0.05) is 43.3 Å². The number of benzene rings is 1. The summed E-state index contributed by atoms with van der Waals surface area (Å²) in [5.74, 6) is 0.155. The maximum absolute atomic E-state index is 11.3. The van der Waals surface area contributed by atoms with E-state index in [2.05, 4.69) is 0 Å². The summed E-state index contributed by atoms with van der Waals surface area (Å²) in [5, 5.41) is 8.57. The van der Waals surface area contributed by atoms with Gasteiger partial charge in [0.2, 0.25) is 0 Å². The van der Waals surface area contributed by atoms with E-state index in [1.165, 1.54) is 0 Å². The van der Waals surface area contributed by atoms with Crippen LogP contribution in [0.5, 0.6) is 0 Å². The highest BCUT2D eigenvalue weighted by Gasteiger charge is 2.00. The number of aliphatic hydroxyl groups excluding tert-OH is 1. The molecule has 0 fully saturated rings. The molecule has 0 saturated carbocycles. The lowest BCUT2D eigenvalue weighted by atomic mass is 10.1. The van der Waals surface area contributed by atoms with Crippen LogP contribution in [0.1, 0.15) is 29.3 Å². The minimum atomic E-state index is 0.0373. The average Bonchev–Trinajstić information content (AvgIpc) is 2.26. The Morgan fingerprint density at radius 1 is 1.36 bits per heavy atom. The molecule has 0 spiro atoms. The van der Waals surface area contributed by atoms with Crippen LogP contribution in [0.4, 0.5) is 0 Å². The SMILES string of the molecule is CCC(=O)c1ccc(C=CCO)cc1. The highest BCUT2D eigenvalue weighted by molar-refractivity contribution is 5.95. The molecule has 14 heavy (non-hydrogen) atoms. The van der Waals surface area contributed by atoms with Crippen LogP contribution in [-0.4, -0.2) is 17.5 Å². The maximum atomic E-state index is 11.3. The zero-order valence-electron chi connectivity index (χ0n) is 8.23. The smallest absolute Gasteiger partial charge is 0.162 e. The van der Waals surface area contributed by atoms with Gasteiger partial charge in [-0.3, -0.25) is 4.79 Å². The number of ketones is 1. The van der Waals surface area contributed by atoms with Gasteiger partial charge in [-0.2, -0.15) is 0 Å². The molecule has 0 bridgehead atoms. The summed E-state index contributed by atoms with van der Waals surface area (Å²) >= 11 is 0. The molecule has 0 heterocycles. The third-order valence-corrected chi connectivity index (χ3v) is 1.97. The second-order valence-corrected chi connectivity index (χ2v) is 2.98. The van der Waals surface area contributed by atoms with E-state index in [0.29, 0.717) is 6.42 Å². The molecule has 2 nitrogen and oxygen atoms in total. The van der Waals surface area contributed by atoms with Crippen molar-refractivity contribution in [2.45, 2.75) is 13.3 Å². The summed E-state index contributed by atoms with van der Waals surface area (Å²) in [6, 6.07) is 7.36. The number of carbonyl (C=O) groups excluding carboxylic acids is 1. The Bertz CT molecular complexity index is 323. The molecule has 0 saturated heterocycles. The van der Waals surface area contributed by atoms with E-state index >= 15 is 0 Å². The van der Waals surface area contributed by atoms with E-state index in [1.54, 1.807) is 6.08 Å². The minimum Gasteiger partial charge on any atom is -0.392 e. The molecular formula is C12H14O2. The zero-order chi connectivity index (χ0) is 10.4. The van der Waals surface area contributed by atoms with Gasteiger partial charge in [0, 0.05) is 12.0 Å². The van der Waals surface area contributed by atoms with E-state index in [1.807, 2.05) is 37.3 Å². The van der Waals surface area contributed by atoms with Crippen LogP contribution < -0.4 is 0 Å². The van der Waals surface area contributed by atoms with Crippen molar-refractivity contribution < 1.29 is 9.90 Å². The molecule has 1 N–H and O–H groups in total. The van der Waals surface area contributed by atoms with Crippen LogP contribution in [0.3, 0.4) is 0 Å². The van der Waals surface area contributed by atoms with E-state index in [4.69, 9.17) is 5.11 Å². The Balaban J connectivity index is 2.78. The third-order valence-electron chi connectivity index (χ3n) is 1.97. The molecule has 1 rings (SSSR count). The van der Waals surface area contributed by atoms with E-state index in [9.17, 15) is 4.79 Å². The zero-order valence-corrected chi connectivity index (χ0v) is 8.23. The summed E-state index contributed by atoms with van der Waals surface area (Å²) < 4.78 is 0. The van der Waals surface area contributed by atoms with E-state index in [0.717, 1.165) is 11.1 Å². The molecule has 0 aromatic heterocycles. The fourth-order valence-electron chi connectivity index (χ4n) is 1.17. The van der Waals surface area contributed by atoms with Gasteiger partial charge in [0.1, 0.15) is 0 Å². The Hall–Kier alpha value is -1.41. The number of aliphatic hydroxyl groups is 1. The molecule has 0 radical (unpaired) electrons. The summed E-state index contributed by atoms with van der Waals surface area (Å²) in [6.07, 6.45) is 4.02. The van der Waals surface area contributed by atoms with Gasteiger partial charge >= 0.3 is 0 Å².